The summed E-state index contributed by atoms with van der Waals surface area (Å²) >= 11 is 0. The number of aliphatic hydroxyl groups excluding tert-OH is 1. The minimum Gasteiger partial charge on any atom is -0.393 e. The van der Waals surface area contributed by atoms with Crippen LogP contribution >= 0.6 is 0 Å². The molecule has 0 aromatic carbocycles. The number of piperidine rings is 1. The van der Waals surface area contributed by atoms with Crippen LogP contribution in [0.4, 0.5) is 0 Å². The molecule has 90 valence electrons. The number of aryl methyl sites for hydroxylation is 1. The molecule has 1 aliphatic heterocycles. The molecular formula is C12H21N3O. The van der Waals surface area contributed by atoms with E-state index in [1.165, 1.54) is 5.56 Å². The number of hydrogen-bond acceptors (Lipinski definition) is 3. The summed E-state index contributed by atoms with van der Waals surface area (Å²) < 4.78 is 1.96. The van der Waals surface area contributed by atoms with Gasteiger partial charge in [-0.25, -0.2) is 0 Å². The van der Waals surface area contributed by atoms with E-state index in [-0.39, 0.29) is 6.10 Å². The molecule has 0 radical (unpaired) electrons. The Balaban J connectivity index is 1.90. The lowest BCUT2D eigenvalue weighted by atomic mass is 9.96. The molecule has 1 aromatic rings. The van der Waals surface area contributed by atoms with Crippen molar-refractivity contribution in [2.75, 3.05) is 13.1 Å². The zero-order chi connectivity index (χ0) is 11.5. The van der Waals surface area contributed by atoms with Gasteiger partial charge in [-0.15, -0.1) is 0 Å². The fourth-order valence-electron chi connectivity index (χ4n) is 2.28. The standard InChI is InChI=1S/C12H21N3O/c1-3-15-9-11(6-13-15)8-14-5-4-12(16)10(2)7-14/h6,9-10,12,16H,3-5,7-8H2,1-2H3. The molecule has 1 fully saturated rings. The summed E-state index contributed by atoms with van der Waals surface area (Å²) in [5.41, 5.74) is 1.27. The van der Waals surface area contributed by atoms with Gasteiger partial charge < -0.3 is 5.11 Å². The lowest BCUT2D eigenvalue weighted by molar-refractivity contribution is 0.0320. The van der Waals surface area contributed by atoms with Gasteiger partial charge in [0, 0.05) is 37.9 Å². The summed E-state index contributed by atoms with van der Waals surface area (Å²) in [6.07, 6.45) is 4.83. The summed E-state index contributed by atoms with van der Waals surface area (Å²) in [6, 6.07) is 0. The van der Waals surface area contributed by atoms with Crippen LogP contribution in [0, 0.1) is 5.92 Å². The number of aliphatic hydroxyl groups is 1. The maximum atomic E-state index is 9.66. The molecule has 16 heavy (non-hydrogen) atoms. The Morgan fingerprint density at radius 1 is 1.56 bits per heavy atom. The molecule has 2 rings (SSSR count). The van der Waals surface area contributed by atoms with Crippen molar-refractivity contribution in [3.8, 4) is 0 Å². The van der Waals surface area contributed by atoms with Crippen LogP contribution < -0.4 is 0 Å². The Hall–Kier alpha value is -0.870. The molecule has 1 aromatic heterocycles. The lowest BCUT2D eigenvalue weighted by Crippen LogP contribution is -2.41. The van der Waals surface area contributed by atoms with Crippen LogP contribution in [0.3, 0.4) is 0 Å². The molecule has 2 unspecified atom stereocenters. The van der Waals surface area contributed by atoms with Crippen molar-refractivity contribution in [1.29, 1.82) is 0 Å². The molecule has 0 saturated carbocycles. The van der Waals surface area contributed by atoms with Gasteiger partial charge in [0.2, 0.25) is 0 Å². The molecular weight excluding hydrogens is 202 g/mol. The first-order chi connectivity index (χ1) is 7.69. The highest BCUT2D eigenvalue weighted by molar-refractivity contribution is 5.04. The number of likely N-dealkylation sites (tertiary alicyclic amines) is 1. The molecule has 0 spiro atoms. The highest BCUT2D eigenvalue weighted by atomic mass is 16.3. The zero-order valence-electron chi connectivity index (χ0n) is 10.1. The molecule has 1 saturated heterocycles. The SMILES string of the molecule is CCn1cc(CN2CCC(O)C(C)C2)cn1. The van der Waals surface area contributed by atoms with E-state index in [2.05, 4.69) is 30.0 Å². The Bertz CT molecular complexity index is 337. The molecule has 1 N–H and O–H groups in total. The van der Waals surface area contributed by atoms with E-state index in [4.69, 9.17) is 0 Å². The third-order valence-electron chi connectivity index (χ3n) is 3.36. The first kappa shape index (κ1) is 11.6. The molecule has 2 atom stereocenters. The largest absolute Gasteiger partial charge is 0.393 e. The van der Waals surface area contributed by atoms with Crippen LogP contribution in [0.2, 0.25) is 0 Å². The van der Waals surface area contributed by atoms with Crippen LogP contribution in [0.25, 0.3) is 0 Å². The number of nitrogens with zero attached hydrogens (tertiary/aromatic N) is 3. The number of rotatable bonds is 3. The Morgan fingerprint density at radius 3 is 3.00 bits per heavy atom. The quantitative estimate of drug-likeness (QED) is 0.834. The predicted molar refractivity (Wildman–Crippen MR) is 63.0 cm³/mol. The molecule has 1 aliphatic rings. The van der Waals surface area contributed by atoms with E-state index >= 15 is 0 Å². The minimum atomic E-state index is -0.116. The summed E-state index contributed by atoms with van der Waals surface area (Å²) in [6.45, 7) is 8.07. The highest BCUT2D eigenvalue weighted by Gasteiger charge is 2.24. The summed E-state index contributed by atoms with van der Waals surface area (Å²) in [5.74, 6) is 0.384. The second-order valence-corrected chi connectivity index (χ2v) is 4.77. The number of hydrogen-bond donors (Lipinski definition) is 1. The van der Waals surface area contributed by atoms with Gasteiger partial charge in [-0.1, -0.05) is 6.92 Å². The van der Waals surface area contributed by atoms with Gasteiger partial charge in [0.15, 0.2) is 0 Å². The average Bonchev–Trinajstić information content (AvgIpc) is 2.71. The highest BCUT2D eigenvalue weighted by Crippen LogP contribution is 2.18. The van der Waals surface area contributed by atoms with Crippen molar-refractivity contribution < 1.29 is 5.11 Å². The van der Waals surface area contributed by atoms with Gasteiger partial charge in [0.25, 0.3) is 0 Å². The third kappa shape index (κ3) is 2.62. The Morgan fingerprint density at radius 2 is 2.38 bits per heavy atom. The van der Waals surface area contributed by atoms with Gasteiger partial charge in [0.1, 0.15) is 0 Å². The monoisotopic (exact) mass is 223 g/mol. The molecule has 2 heterocycles. The van der Waals surface area contributed by atoms with Crippen molar-refractivity contribution in [3.63, 3.8) is 0 Å². The van der Waals surface area contributed by atoms with E-state index in [0.29, 0.717) is 5.92 Å². The maximum absolute atomic E-state index is 9.66. The van der Waals surface area contributed by atoms with E-state index in [1.807, 2.05) is 10.9 Å². The predicted octanol–water partition coefficient (Wildman–Crippen LogP) is 1.11. The summed E-state index contributed by atoms with van der Waals surface area (Å²) in [5, 5.41) is 13.9. The normalized spacial score (nSPS) is 27.2. The van der Waals surface area contributed by atoms with Gasteiger partial charge in [0.05, 0.1) is 12.3 Å². The molecule has 4 nitrogen and oxygen atoms in total. The van der Waals surface area contributed by atoms with Gasteiger partial charge in [-0.3, -0.25) is 9.58 Å². The zero-order valence-corrected chi connectivity index (χ0v) is 10.1. The maximum Gasteiger partial charge on any atom is 0.0590 e. The molecule has 4 heteroatoms. The van der Waals surface area contributed by atoms with E-state index in [9.17, 15) is 5.11 Å². The summed E-state index contributed by atoms with van der Waals surface area (Å²) in [4.78, 5) is 2.40. The van der Waals surface area contributed by atoms with Crippen LogP contribution in [0.1, 0.15) is 25.8 Å². The van der Waals surface area contributed by atoms with E-state index in [1.54, 1.807) is 0 Å². The van der Waals surface area contributed by atoms with Gasteiger partial charge in [-0.05, 0) is 19.3 Å². The topological polar surface area (TPSA) is 41.3 Å². The van der Waals surface area contributed by atoms with Crippen molar-refractivity contribution >= 4 is 0 Å². The second-order valence-electron chi connectivity index (χ2n) is 4.77. The summed E-state index contributed by atoms with van der Waals surface area (Å²) in [7, 11) is 0. The van der Waals surface area contributed by atoms with Crippen molar-refractivity contribution in [2.24, 2.45) is 5.92 Å². The minimum absolute atomic E-state index is 0.116. The van der Waals surface area contributed by atoms with E-state index < -0.39 is 0 Å². The van der Waals surface area contributed by atoms with Crippen LogP contribution in [-0.2, 0) is 13.1 Å². The molecule has 0 aliphatic carbocycles. The first-order valence-corrected chi connectivity index (χ1v) is 6.10. The third-order valence-corrected chi connectivity index (χ3v) is 3.36. The van der Waals surface area contributed by atoms with Crippen LogP contribution in [0.15, 0.2) is 12.4 Å². The van der Waals surface area contributed by atoms with Crippen LogP contribution in [0.5, 0.6) is 0 Å². The van der Waals surface area contributed by atoms with Gasteiger partial charge in [-0.2, -0.15) is 5.10 Å². The van der Waals surface area contributed by atoms with Gasteiger partial charge >= 0.3 is 0 Å². The number of aromatic nitrogens is 2. The van der Waals surface area contributed by atoms with Crippen molar-refractivity contribution in [2.45, 2.75) is 39.5 Å². The first-order valence-electron chi connectivity index (χ1n) is 6.10. The van der Waals surface area contributed by atoms with Crippen molar-refractivity contribution in [1.82, 2.24) is 14.7 Å². The van der Waals surface area contributed by atoms with E-state index in [0.717, 1.165) is 32.6 Å². The fourth-order valence-corrected chi connectivity index (χ4v) is 2.28. The van der Waals surface area contributed by atoms with Crippen molar-refractivity contribution in [3.05, 3.63) is 18.0 Å². The smallest absolute Gasteiger partial charge is 0.0590 e. The van der Waals surface area contributed by atoms with Crippen LogP contribution in [-0.4, -0.2) is 39.0 Å². The second kappa shape index (κ2) is 4.97. The lowest BCUT2D eigenvalue weighted by Gasteiger charge is -2.34. The Kier molecular flexibility index (Phi) is 3.61. The molecule has 0 bridgehead atoms. The molecule has 0 amide bonds. The Labute approximate surface area is 96.9 Å². The fraction of sp³-hybridized carbons (Fsp3) is 0.750. The average molecular weight is 223 g/mol.